The van der Waals surface area contributed by atoms with Crippen LogP contribution >= 0.6 is 0 Å². The van der Waals surface area contributed by atoms with E-state index in [2.05, 4.69) is 17.6 Å². The van der Waals surface area contributed by atoms with Gasteiger partial charge in [-0.1, -0.05) is 38.0 Å². The van der Waals surface area contributed by atoms with E-state index in [-0.39, 0.29) is 17.9 Å². The van der Waals surface area contributed by atoms with E-state index < -0.39 is 0 Å². The predicted molar refractivity (Wildman–Crippen MR) is 78.1 cm³/mol. The number of rotatable bonds is 4. The van der Waals surface area contributed by atoms with Crippen molar-refractivity contribution in [2.45, 2.75) is 45.1 Å². The van der Waals surface area contributed by atoms with Crippen molar-refractivity contribution < 1.29 is 9.18 Å². The molecule has 4 heteroatoms. The smallest absolute Gasteiger partial charge is 0.315 e. The Balaban J connectivity index is 1.69. The Kier molecular flexibility index (Phi) is 5.39. The first-order valence-corrected chi connectivity index (χ1v) is 7.43. The minimum absolute atomic E-state index is 0.138. The highest BCUT2D eigenvalue weighted by Gasteiger charge is 2.20. The van der Waals surface area contributed by atoms with Gasteiger partial charge in [-0.2, -0.15) is 0 Å². The Morgan fingerprint density at radius 3 is 2.90 bits per heavy atom. The van der Waals surface area contributed by atoms with Crippen molar-refractivity contribution in [3.63, 3.8) is 0 Å². The van der Waals surface area contributed by atoms with Crippen molar-refractivity contribution in [3.8, 4) is 0 Å². The number of amides is 2. The molecule has 2 amide bonds. The molecular formula is C16H23FN2O. The van der Waals surface area contributed by atoms with Crippen LogP contribution in [-0.4, -0.2) is 18.6 Å². The normalized spacial score (nSPS) is 22.3. The highest BCUT2D eigenvalue weighted by atomic mass is 19.1. The second-order valence-corrected chi connectivity index (χ2v) is 5.71. The number of carbonyl (C=O) groups is 1. The average molecular weight is 278 g/mol. The van der Waals surface area contributed by atoms with Gasteiger partial charge in [-0.3, -0.25) is 0 Å². The molecule has 1 aliphatic rings. The van der Waals surface area contributed by atoms with Gasteiger partial charge in [0, 0.05) is 12.6 Å². The van der Waals surface area contributed by atoms with Gasteiger partial charge in [0.1, 0.15) is 5.82 Å². The Morgan fingerprint density at radius 2 is 2.15 bits per heavy atom. The Labute approximate surface area is 120 Å². The largest absolute Gasteiger partial charge is 0.338 e. The molecule has 2 N–H and O–H groups in total. The van der Waals surface area contributed by atoms with Crippen molar-refractivity contribution in [2.75, 3.05) is 6.54 Å². The fourth-order valence-corrected chi connectivity index (χ4v) is 2.81. The van der Waals surface area contributed by atoms with Crippen molar-refractivity contribution in [1.82, 2.24) is 10.6 Å². The van der Waals surface area contributed by atoms with Crippen molar-refractivity contribution in [3.05, 3.63) is 35.6 Å². The molecule has 20 heavy (non-hydrogen) atoms. The minimum Gasteiger partial charge on any atom is -0.338 e. The third-order valence-electron chi connectivity index (χ3n) is 3.91. The third kappa shape index (κ3) is 4.51. The summed E-state index contributed by atoms with van der Waals surface area (Å²) in [4.78, 5) is 11.8. The van der Waals surface area contributed by atoms with Crippen LogP contribution in [0.5, 0.6) is 0 Å². The molecule has 1 fully saturated rings. The molecule has 1 saturated carbocycles. The zero-order chi connectivity index (χ0) is 14.4. The van der Waals surface area contributed by atoms with E-state index >= 15 is 0 Å². The van der Waals surface area contributed by atoms with Gasteiger partial charge in [-0.25, -0.2) is 9.18 Å². The number of benzene rings is 1. The molecule has 0 aliphatic heterocycles. The average Bonchev–Trinajstić information content (AvgIpc) is 2.41. The molecule has 2 unspecified atom stereocenters. The van der Waals surface area contributed by atoms with Crippen LogP contribution in [0.15, 0.2) is 24.3 Å². The SMILES string of the molecule is CC1CCCC(NC(=O)NCCc2ccccc2F)C1. The summed E-state index contributed by atoms with van der Waals surface area (Å²) < 4.78 is 13.4. The molecule has 2 atom stereocenters. The molecule has 1 aromatic carbocycles. The summed E-state index contributed by atoms with van der Waals surface area (Å²) in [5, 5.41) is 5.81. The maximum atomic E-state index is 13.4. The Bertz CT molecular complexity index is 450. The highest BCUT2D eigenvalue weighted by molar-refractivity contribution is 5.74. The summed E-state index contributed by atoms with van der Waals surface area (Å²) in [5.41, 5.74) is 0.638. The van der Waals surface area contributed by atoms with Gasteiger partial charge < -0.3 is 10.6 Å². The predicted octanol–water partition coefficient (Wildman–Crippen LogP) is 3.25. The van der Waals surface area contributed by atoms with Crippen LogP contribution in [0.2, 0.25) is 0 Å². The van der Waals surface area contributed by atoms with E-state index in [9.17, 15) is 9.18 Å². The molecule has 0 bridgehead atoms. The lowest BCUT2D eigenvalue weighted by Crippen LogP contribution is -2.44. The first-order chi connectivity index (χ1) is 9.65. The van der Waals surface area contributed by atoms with Crippen molar-refractivity contribution in [1.29, 1.82) is 0 Å². The zero-order valence-corrected chi connectivity index (χ0v) is 12.0. The summed E-state index contributed by atoms with van der Waals surface area (Å²) in [5.74, 6) is 0.475. The molecule has 0 aromatic heterocycles. The van der Waals surface area contributed by atoms with Gasteiger partial charge in [-0.15, -0.1) is 0 Å². The number of urea groups is 1. The summed E-state index contributed by atoms with van der Waals surface area (Å²) in [6, 6.07) is 6.81. The molecule has 1 aliphatic carbocycles. The van der Waals surface area contributed by atoms with Crippen molar-refractivity contribution >= 4 is 6.03 Å². The van der Waals surface area contributed by atoms with E-state index in [0.29, 0.717) is 24.4 Å². The van der Waals surface area contributed by atoms with Crippen LogP contribution in [0.1, 0.15) is 38.2 Å². The van der Waals surface area contributed by atoms with Crippen LogP contribution in [0, 0.1) is 11.7 Å². The van der Waals surface area contributed by atoms with Gasteiger partial charge in [0.15, 0.2) is 0 Å². The Morgan fingerprint density at radius 1 is 1.35 bits per heavy atom. The summed E-state index contributed by atoms with van der Waals surface area (Å²) in [7, 11) is 0. The van der Waals surface area contributed by atoms with Crippen LogP contribution in [-0.2, 0) is 6.42 Å². The Hall–Kier alpha value is -1.58. The standard InChI is InChI=1S/C16H23FN2O/c1-12-5-4-7-14(11-12)19-16(20)18-10-9-13-6-2-3-8-15(13)17/h2-3,6,8,12,14H,4-5,7,9-11H2,1H3,(H2,18,19,20). The second kappa shape index (κ2) is 7.27. The van der Waals surface area contributed by atoms with E-state index in [4.69, 9.17) is 0 Å². The molecular weight excluding hydrogens is 255 g/mol. The number of hydrogen-bond donors (Lipinski definition) is 2. The van der Waals surface area contributed by atoms with Gasteiger partial charge in [0.05, 0.1) is 0 Å². The van der Waals surface area contributed by atoms with E-state index in [1.807, 2.05) is 6.07 Å². The molecule has 0 saturated heterocycles. The summed E-state index contributed by atoms with van der Waals surface area (Å²) in [6.07, 6.45) is 5.07. The minimum atomic E-state index is -0.212. The molecule has 0 radical (unpaired) electrons. The zero-order valence-electron chi connectivity index (χ0n) is 12.0. The maximum Gasteiger partial charge on any atom is 0.315 e. The lowest BCUT2D eigenvalue weighted by atomic mass is 9.87. The molecule has 1 aromatic rings. The number of carbonyl (C=O) groups excluding carboxylic acids is 1. The molecule has 0 spiro atoms. The quantitative estimate of drug-likeness (QED) is 0.872. The maximum absolute atomic E-state index is 13.4. The molecule has 2 rings (SSSR count). The van der Waals surface area contributed by atoms with Gasteiger partial charge in [-0.05, 0) is 36.8 Å². The van der Waals surface area contributed by atoms with Crippen LogP contribution < -0.4 is 10.6 Å². The fraction of sp³-hybridized carbons (Fsp3) is 0.562. The van der Waals surface area contributed by atoms with E-state index in [1.165, 1.54) is 18.9 Å². The molecule has 110 valence electrons. The van der Waals surface area contributed by atoms with Crippen LogP contribution in [0.3, 0.4) is 0 Å². The first kappa shape index (κ1) is 14.8. The first-order valence-electron chi connectivity index (χ1n) is 7.43. The van der Waals surface area contributed by atoms with Crippen LogP contribution in [0.4, 0.5) is 9.18 Å². The lowest BCUT2D eigenvalue weighted by Gasteiger charge is -2.27. The lowest BCUT2D eigenvalue weighted by molar-refractivity contribution is 0.227. The van der Waals surface area contributed by atoms with Gasteiger partial charge in [0.2, 0.25) is 0 Å². The van der Waals surface area contributed by atoms with Gasteiger partial charge in [0.25, 0.3) is 0 Å². The fourth-order valence-electron chi connectivity index (χ4n) is 2.81. The van der Waals surface area contributed by atoms with E-state index in [0.717, 1.165) is 12.8 Å². The number of nitrogens with one attached hydrogen (secondary N) is 2. The molecule has 0 heterocycles. The van der Waals surface area contributed by atoms with E-state index in [1.54, 1.807) is 12.1 Å². The third-order valence-corrected chi connectivity index (χ3v) is 3.91. The summed E-state index contributed by atoms with van der Waals surface area (Å²) in [6.45, 7) is 2.68. The highest BCUT2D eigenvalue weighted by Crippen LogP contribution is 2.23. The summed E-state index contributed by atoms with van der Waals surface area (Å²) >= 11 is 0. The number of hydrogen-bond acceptors (Lipinski definition) is 1. The topological polar surface area (TPSA) is 41.1 Å². The van der Waals surface area contributed by atoms with Crippen LogP contribution in [0.25, 0.3) is 0 Å². The van der Waals surface area contributed by atoms with Gasteiger partial charge >= 0.3 is 6.03 Å². The monoisotopic (exact) mass is 278 g/mol. The van der Waals surface area contributed by atoms with Crippen molar-refractivity contribution in [2.24, 2.45) is 5.92 Å². The number of halogens is 1. The second-order valence-electron chi connectivity index (χ2n) is 5.71. The molecule has 3 nitrogen and oxygen atoms in total.